The Kier molecular flexibility index (Phi) is 10.1. The molecule has 13 nitrogen and oxygen atoms in total. The van der Waals surface area contributed by atoms with Gasteiger partial charge in [0.05, 0.1) is 34.2 Å². The zero-order valence-electron chi connectivity index (χ0n) is 31.9. The molecule has 7 rings (SSSR count). The van der Waals surface area contributed by atoms with E-state index in [1.807, 2.05) is 12.2 Å². The van der Waals surface area contributed by atoms with Crippen molar-refractivity contribution in [1.29, 1.82) is 0 Å². The molecule has 1 aromatic heterocycles. The molecule has 5 aliphatic rings. The van der Waals surface area contributed by atoms with Crippen LogP contribution in [0, 0.1) is 12.8 Å². The maximum absolute atomic E-state index is 14.6. The molecule has 0 bridgehead atoms. The minimum Gasteiger partial charge on any atom is -0.483 e. The van der Waals surface area contributed by atoms with Gasteiger partial charge in [-0.25, -0.2) is 18.2 Å². The zero-order chi connectivity index (χ0) is 40.4. The molecule has 4 amide bonds. The molecule has 2 aliphatic carbocycles. The Morgan fingerprint density at radius 3 is 2.55 bits per heavy atom. The number of alkyl halides is 3. The first-order valence-corrected chi connectivity index (χ1v) is 20.8. The number of amides is 4. The maximum Gasteiger partial charge on any atom is 0.418 e. The summed E-state index contributed by atoms with van der Waals surface area (Å²) >= 11 is 0. The number of benzene rings is 1. The number of hydrogen-bond acceptors (Lipinski definition) is 9. The van der Waals surface area contributed by atoms with Gasteiger partial charge in [-0.1, -0.05) is 37.1 Å². The molecule has 1 spiro atoms. The number of fused-ring (bicyclic) bond motifs is 5. The van der Waals surface area contributed by atoms with Crippen LogP contribution in [0.5, 0.6) is 5.75 Å². The van der Waals surface area contributed by atoms with Crippen LogP contribution in [-0.2, 0) is 41.7 Å². The number of aromatic nitrogens is 1. The number of carbonyl (C=O) groups is 4. The minimum absolute atomic E-state index is 0.0538. The highest BCUT2D eigenvalue weighted by atomic mass is 32.2. The summed E-state index contributed by atoms with van der Waals surface area (Å²) in [7, 11) is -4.05. The van der Waals surface area contributed by atoms with E-state index in [-0.39, 0.29) is 55.6 Å². The fourth-order valence-electron chi connectivity index (χ4n) is 8.33. The van der Waals surface area contributed by atoms with E-state index in [0.29, 0.717) is 43.1 Å². The molecule has 17 heteroatoms. The third-order valence-corrected chi connectivity index (χ3v) is 14.1. The van der Waals surface area contributed by atoms with Crippen LogP contribution in [0.2, 0.25) is 0 Å². The molecule has 1 aromatic carbocycles. The number of nitrogens with zero attached hydrogens (tertiary/aromatic N) is 2. The Bertz CT molecular complexity index is 2100. The quantitative estimate of drug-likeness (QED) is 0.347. The fourth-order valence-corrected chi connectivity index (χ4v) is 9.64. The van der Waals surface area contributed by atoms with Crippen LogP contribution in [0.3, 0.4) is 0 Å². The van der Waals surface area contributed by atoms with Crippen molar-refractivity contribution in [2.75, 3.05) is 6.54 Å². The Balaban J connectivity index is 1.24. The van der Waals surface area contributed by atoms with Gasteiger partial charge in [0.2, 0.25) is 21.8 Å². The predicted octanol–water partition coefficient (Wildman–Crippen LogP) is 5.12. The summed E-state index contributed by atoms with van der Waals surface area (Å²) in [5.74, 6) is -2.35. The number of nitrogens with one attached hydrogen (secondary N) is 3. The smallest absolute Gasteiger partial charge is 0.418 e. The van der Waals surface area contributed by atoms with E-state index >= 15 is 0 Å². The second kappa shape index (κ2) is 14.2. The van der Waals surface area contributed by atoms with E-state index in [1.54, 1.807) is 33.8 Å². The van der Waals surface area contributed by atoms with Gasteiger partial charge in [-0.15, -0.1) is 0 Å². The molecule has 3 fully saturated rings. The highest BCUT2D eigenvalue weighted by Gasteiger charge is 2.64. The largest absolute Gasteiger partial charge is 0.483 e. The fraction of sp³-hybridized carbons (Fsp3) is 0.615. The van der Waals surface area contributed by atoms with Crippen LogP contribution < -0.4 is 20.1 Å². The predicted molar refractivity (Wildman–Crippen MR) is 198 cm³/mol. The second-order valence-corrected chi connectivity index (χ2v) is 18.7. The number of sulfonamides is 1. The van der Waals surface area contributed by atoms with Crippen molar-refractivity contribution in [2.24, 2.45) is 5.92 Å². The van der Waals surface area contributed by atoms with Crippen molar-refractivity contribution in [3.8, 4) is 5.75 Å². The molecule has 56 heavy (non-hydrogen) atoms. The molecule has 4 heterocycles. The molecular weight excluding hydrogens is 756 g/mol. The van der Waals surface area contributed by atoms with Gasteiger partial charge in [-0.05, 0) is 85.1 Å². The average molecular weight is 804 g/mol. The third-order valence-electron chi connectivity index (χ3n) is 11.9. The lowest BCUT2D eigenvalue weighted by Crippen LogP contribution is -2.58. The van der Waals surface area contributed by atoms with E-state index < -0.39 is 85.6 Å². The molecule has 0 radical (unpaired) electrons. The molecule has 3 aliphatic heterocycles. The van der Waals surface area contributed by atoms with Crippen LogP contribution in [0.1, 0.15) is 102 Å². The summed E-state index contributed by atoms with van der Waals surface area (Å²) < 4.78 is 81.4. The number of carbonyl (C=O) groups excluding carboxylic acids is 4. The Hall–Kier alpha value is -4.41. The van der Waals surface area contributed by atoms with E-state index in [0.717, 1.165) is 12.5 Å². The number of allylic oxidation sites excluding steroid dienone is 1. The SMILES string of the molecule is Cc1nc2c(C(F)(F)F)cccc2c2c1O[C@]1(CC2)C[C@H]2C(=O)N[C@]3(C(=O)NS(=O)(=O)C4(C)CC4)C[C@H]3/C=C\CCCCC[C@H](NC(=O)OC(C)C)C(=O)N2C1. The van der Waals surface area contributed by atoms with Crippen LogP contribution in [0.25, 0.3) is 10.9 Å². The van der Waals surface area contributed by atoms with Crippen molar-refractivity contribution >= 4 is 44.7 Å². The number of para-hydroxylation sites is 1. The highest BCUT2D eigenvalue weighted by molar-refractivity contribution is 7.91. The number of alkyl carbamates (subject to hydrolysis) is 1. The Morgan fingerprint density at radius 1 is 1.11 bits per heavy atom. The number of halogens is 3. The molecule has 5 atom stereocenters. The van der Waals surface area contributed by atoms with Gasteiger partial charge in [0.25, 0.3) is 5.91 Å². The first-order valence-electron chi connectivity index (χ1n) is 19.3. The van der Waals surface area contributed by atoms with E-state index in [2.05, 4.69) is 20.3 Å². The Labute approximate surface area is 323 Å². The molecule has 304 valence electrons. The van der Waals surface area contributed by atoms with Gasteiger partial charge in [-0.3, -0.25) is 19.1 Å². The summed E-state index contributed by atoms with van der Waals surface area (Å²) in [4.78, 5) is 61.6. The minimum atomic E-state index is -4.63. The van der Waals surface area contributed by atoms with Crippen molar-refractivity contribution in [1.82, 2.24) is 25.2 Å². The van der Waals surface area contributed by atoms with Gasteiger partial charge in [-0.2, -0.15) is 13.2 Å². The van der Waals surface area contributed by atoms with Gasteiger partial charge in [0, 0.05) is 23.3 Å². The average Bonchev–Trinajstić information content (AvgIpc) is 4.01. The van der Waals surface area contributed by atoms with Crippen LogP contribution in [0.15, 0.2) is 30.4 Å². The van der Waals surface area contributed by atoms with E-state index in [9.17, 15) is 40.8 Å². The molecule has 2 aromatic rings. The molecule has 1 saturated heterocycles. The number of hydrogen-bond donors (Lipinski definition) is 3. The highest BCUT2D eigenvalue weighted by Crippen LogP contribution is 2.49. The van der Waals surface area contributed by atoms with E-state index in [4.69, 9.17) is 9.47 Å². The van der Waals surface area contributed by atoms with Gasteiger partial charge in [0.1, 0.15) is 29.0 Å². The lowest BCUT2D eigenvalue weighted by atomic mass is 9.86. The summed E-state index contributed by atoms with van der Waals surface area (Å²) in [6, 6.07) is 1.56. The zero-order valence-corrected chi connectivity index (χ0v) is 32.7. The van der Waals surface area contributed by atoms with Crippen LogP contribution >= 0.6 is 0 Å². The number of aryl methyl sites for hydroxylation is 2. The van der Waals surface area contributed by atoms with Crippen molar-refractivity contribution in [2.45, 2.75) is 139 Å². The maximum atomic E-state index is 14.6. The van der Waals surface area contributed by atoms with Gasteiger partial charge >= 0.3 is 12.3 Å². The Morgan fingerprint density at radius 2 is 1.86 bits per heavy atom. The standard InChI is InChI=1S/C39H48F3N5O8S/c1-22(2)54-35(51)44-28-14-9-7-5-6-8-11-24-19-38(24,34(50)46-56(52,53)36(4)17-18-36)45-32(48)29-20-37(21-47(29)33(28)49)16-15-26-25-12-10-13-27(39(40,41)42)30(25)43-23(3)31(26)55-37/h8,10-13,22,24,28-29H,5-7,9,14-21H2,1-4H3,(H,44,51)(H,45,48)(H,46,50)/b11-8-/t24-,28+,29+,37-,38-/m1/s1. The summed E-state index contributed by atoms with van der Waals surface area (Å²) in [6.07, 6.45) is 2.12. The molecular formula is C39H48F3N5O8S. The lowest BCUT2D eigenvalue weighted by molar-refractivity contribution is -0.141. The van der Waals surface area contributed by atoms with Crippen molar-refractivity contribution in [3.63, 3.8) is 0 Å². The summed E-state index contributed by atoms with van der Waals surface area (Å²) in [5.41, 5.74) is -3.09. The van der Waals surface area contributed by atoms with Gasteiger partial charge < -0.3 is 25.0 Å². The third kappa shape index (κ3) is 7.42. The normalized spacial score (nSPS) is 29.5. The van der Waals surface area contributed by atoms with Crippen LogP contribution in [0.4, 0.5) is 18.0 Å². The summed E-state index contributed by atoms with van der Waals surface area (Å²) in [6.45, 7) is 6.34. The molecule has 2 saturated carbocycles. The number of pyridine rings is 1. The van der Waals surface area contributed by atoms with E-state index in [1.165, 1.54) is 11.0 Å². The monoisotopic (exact) mass is 803 g/mol. The number of rotatable bonds is 5. The molecule has 3 N–H and O–H groups in total. The number of ether oxygens (including phenoxy) is 2. The van der Waals surface area contributed by atoms with Crippen molar-refractivity contribution in [3.05, 3.63) is 47.2 Å². The topological polar surface area (TPSA) is 173 Å². The molecule has 0 unspecified atom stereocenters. The second-order valence-electron chi connectivity index (χ2n) is 16.5. The first-order chi connectivity index (χ1) is 26.3. The van der Waals surface area contributed by atoms with Gasteiger partial charge in [0.15, 0.2) is 0 Å². The van der Waals surface area contributed by atoms with Crippen LogP contribution in [-0.4, -0.2) is 82.7 Å². The van der Waals surface area contributed by atoms with Crippen molar-refractivity contribution < 1.29 is 50.2 Å². The lowest BCUT2D eigenvalue weighted by Gasteiger charge is -2.37. The first kappa shape index (κ1) is 39.8. The summed E-state index contributed by atoms with van der Waals surface area (Å²) in [5, 5.41) is 5.84.